The van der Waals surface area contributed by atoms with Crippen molar-refractivity contribution in [1.29, 1.82) is 0 Å². The third-order valence-corrected chi connectivity index (χ3v) is 6.93. The van der Waals surface area contributed by atoms with Crippen molar-refractivity contribution in [3.63, 3.8) is 0 Å². The number of carbonyl (C=O) groups excluding carboxylic acids is 3. The van der Waals surface area contributed by atoms with E-state index >= 15 is 0 Å². The number of carbonyl (C=O) groups is 3. The fraction of sp³-hybridized carbons (Fsp3) is 0.333. The largest absolute Gasteiger partial charge is 0.494 e. The van der Waals surface area contributed by atoms with Gasteiger partial charge in [0.1, 0.15) is 23.5 Å². The Morgan fingerprint density at radius 2 is 1.95 bits per heavy atom. The van der Waals surface area contributed by atoms with E-state index in [1.54, 1.807) is 36.7 Å². The van der Waals surface area contributed by atoms with Crippen LogP contribution in [0.5, 0.6) is 11.5 Å². The number of pyridine rings is 1. The van der Waals surface area contributed by atoms with Crippen molar-refractivity contribution in [2.75, 3.05) is 6.61 Å². The van der Waals surface area contributed by atoms with E-state index in [1.165, 1.54) is 4.90 Å². The van der Waals surface area contributed by atoms with Gasteiger partial charge in [-0.1, -0.05) is 31.5 Å². The predicted molar refractivity (Wildman–Crippen MR) is 137 cm³/mol. The lowest BCUT2D eigenvalue weighted by Crippen LogP contribution is -2.30. The van der Waals surface area contributed by atoms with E-state index in [2.05, 4.69) is 11.9 Å². The Bertz CT molecular complexity index is 1310. The van der Waals surface area contributed by atoms with Crippen LogP contribution in [-0.2, 0) is 22.6 Å². The highest BCUT2D eigenvalue weighted by atomic mass is 16.5. The second-order valence-corrected chi connectivity index (χ2v) is 9.67. The summed E-state index contributed by atoms with van der Waals surface area (Å²) in [6.07, 6.45) is 6.04. The summed E-state index contributed by atoms with van der Waals surface area (Å²) in [5.41, 5.74) is 2.84. The highest BCUT2D eigenvalue weighted by molar-refractivity contribution is 6.44. The minimum absolute atomic E-state index is 0.0378. The first kappa shape index (κ1) is 24.7. The van der Waals surface area contributed by atoms with Crippen molar-refractivity contribution in [2.45, 2.75) is 51.8 Å². The standard InChI is InChI=1S/C30H30N2O5/c1-3-4-14-36-24-10-7-21(8-11-24)27-26(28(33)22-9-12-25-23(16-22)15-19(2)37-25)29(34)30(35)32(27)18-20-6-5-13-31-17-20/h5-13,16-17,19,26-27H,3-4,14-15,18H2,1-2H3. The van der Waals surface area contributed by atoms with E-state index in [0.717, 1.165) is 29.7 Å². The van der Waals surface area contributed by atoms with Gasteiger partial charge in [-0.25, -0.2) is 0 Å². The average molecular weight is 499 g/mol. The number of rotatable bonds is 9. The maximum Gasteiger partial charge on any atom is 0.291 e. The molecule has 0 aliphatic carbocycles. The maximum atomic E-state index is 13.8. The molecule has 0 spiro atoms. The lowest BCUT2D eigenvalue weighted by Gasteiger charge is -2.27. The fourth-order valence-electron chi connectivity index (χ4n) is 5.07. The number of ether oxygens (including phenoxy) is 2. The van der Waals surface area contributed by atoms with Gasteiger partial charge >= 0.3 is 0 Å². The van der Waals surface area contributed by atoms with Crippen LogP contribution in [0.3, 0.4) is 0 Å². The first-order valence-corrected chi connectivity index (χ1v) is 12.8. The quantitative estimate of drug-likeness (QED) is 0.183. The number of benzene rings is 2. The van der Waals surface area contributed by atoms with Gasteiger partial charge in [-0.3, -0.25) is 19.4 Å². The predicted octanol–water partition coefficient (Wildman–Crippen LogP) is 4.74. The van der Waals surface area contributed by atoms with Gasteiger partial charge in [0, 0.05) is 30.9 Å². The second-order valence-electron chi connectivity index (χ2n) is 9.67. The van der Waals surface area contributed by atoms with Crippen LogP contribution in [-0.4, -0.2) is 40.1 Å². The number of amides is 1. The zero-order valence-electron chi connectivity index (χ0n) is 21.1. The first-order chi connectivity index (χ1) is 18.0. The number of likely N-dealkylation sites (tertiary alicyclic amines) is 1. The van der Waals surface area contributed by atoms with Crippen LogP contribution in [0.1, 0.15) is 59.8 Å². The van der Waals surface area contributed by atoms with Crippen LogP contribution < -0.4 is 9.47 Å². The molecule has 2 aromatic carbocycles. The van der Waals surface area contributed by atoms with Gasteiger partial charge in [0.15, 0.2) is 5.78 Å². The molecule has 1 saturated heterocycles. The Labute approximate surface area is 216 Å². The summed E-state index contributed by atoms with van der Waals surface area (Å²) < 4.78 is 11.6. The molecule has 1 aromatic heterocycles. The zero-order valence-corrected chi connectivity index (χ0v) is 21.1. The van der Waals surface area contributed by atoms with E-state index in [4.69, 9.17) is 9.47 Å². The molecule has 0 bridgehead atoms. The molecule has 190 valence electrons. The van der Waals surface area contributed by atoms with Gasteiger partial charge in [0.05, 0.1) is 12.6 Å². The molecule has 37 heavy (non-hydrogen) atoms. The minimum Gasteiger partial charge on any atom is -0.494 e. The molecule has 1 fully saturated rings. The number of unbranched alkanes of at least 4 members (excludes halogenated alkanes) is 1. The van der Waals surface area contributed by atoms with Gasteiger partial charge in [-0.05, 0) is 66.4 Å². The number of fused-ring (bicyclic) bond motifs is 1. The van der Waals surface area contributed by atoms with E-state index in [-0.39, 0.29) is 18.4 Å². The van der Waals surface area contributed by atoms with Crippen molar-refractivity contribution >= 4 is 17.5 Å². The molecule has 0 N–H and O–H groups in total. The Kier molecular flexibility index (Phi) is 7.04. The molecular formula is C30H30N2O5. The molecule has 3 unspecified atom stereocenters. The lowest BCUT2D eigenvalue weighted by atomic mass is 9.85. The Balaban J connectivity index is 1.49. The highest BCUT2D eigenvalue weighted by Gasteiger charge is 2.51. The normalized spacial score (nSPS) is 20.6. The lowest BCUT2D eigenvalue weighted by molar-refractivity contribution is -0.141. The minimum atomic E-state index is -1.14. The number of aromatic nitrogens is 1. The van der Waals surface area contributed by atoms with Crippen molar-refractivity contribution in [3.05, 3.63) is 89.2 Å². The van der Waals surface area contributed by atoms with E-state index in [9.17, 15) is 14.4 Å². The number of hydrogen-bond donors (Lipinski definition) is 0. The van der Waals surface area contributed by atoms with Crippen molar-refractivity contribution < 1.29 is 23.9 Å². The van der Waals surface area contributed by atoms with Crippen LogP contribution in [0.15, 0.2) is 67.0 Å². The van der Waals surface area contributed by atoms with Crippen LogP contribution in [0.4, 0.5) is 0 Å². The molecule has 5 rings (SSSR count). The van der Waals surface area contributed by atoms with Gasteiger partial charge in [0.25, 0.3) is 5.91 Å². The third-order valence-electron chi connectivity index (χ3n) is 6.93. The Morgan fingerprint density at radius 1 is 1.14 bits per heavy atom. The number of hydrogen-bond acceptors (Lipinski definition) is 6. The highest BCUT2D eigenvalue weighted by Crippen LogP contribution is 2.40. The smallest absolute Gasteiger partial charge is 0.291 e. The van der Waals surface area contributed by atoms with Crippen LogP contribution >= 0.6 is 0 Å². The van der Waals surface area contributed by atoms with Crippen molar-refractivity contribution in [1.82, 2.24) is 9.88 Å². The number of nitrogens with zero attached hydrogens (tertiary/aromatic N) is 2. The van der Waals surface area contributed by atoms with E-state index < -0.39 is 23.7 Å². The third kappa shape index (κ3) is 4.99. The average Bonchev–Trinajstić information content (AvgIpc) is 3.40. The zero-order chi connectivity index (χ0) is 25.9. The van der Waals surface area contributed by atoms with Gasteiger partial charge in [-0.2, -0.15) is 0 Å². The van der Waals surface area contributed by atoms with Gasteiger partial charge in [0.2, 0.25) is 5.78 Å². The van der Waals surface area contributed by atoms with E-state index in [0.29, 0.717) is 29.9 Å². The summed E-state index contributed by atoms with van der Waals surface area (Å²) >= 11 is 0. The van der Waals surface area contributed by atoms with Crippen molar-refractivity contribution in [2.24, 2.45) is 5.92 Å². The summed E-state index contributed by atoms with van der Waals surface area (Å²) in [6, 6.07) is 15.5. The summed E-state index contributed by atoms with van der Waals surface area (Å²) in [4.78, 5) is 46.1. The van der Waals surface area contributed by atoms with Crippen LogP contribution in [0, 0.1) is 5.92 Å². The molecule has 0 saturated carbocycles. The Morgan fingerprint density at radius 3 is 2.68 bits per heavy atom. The summed E-state index contributed by atoms with van der Waals surface area (Å²) in [6.45, 7) is 4.87. The molecule has 7 nitrogen and oxygen atoms in total. The molecule has 3 aromatic rings. The molecule has 1 amide bonds. The molecule has 3 heterocycles. The SMILES string of the molecule is CCCCOc1ccc(C2C(C(=O)c3ccc4c(c3)CC(C)O4)C(=O)C(=O)N2Cc2cccnc2)cc1. The summed E-state index contributed by atoms with van der Waals surface area (Å²) in [5, 5.41) is 0. The van der Waals surface area contributed by atoms with Crippen LogP contribution in [0.25, 0.3) is 0 Å². The topological polar surface area (TPSA) is 85.8 Å². The van der Waals surface area contributed by atoms with Crippen LogP contribution in [0.2, 0.25) is 0 Å². The Hall–Kier alpha value is -4.00. The van der Waals surface area contributed by atoms with E-state index in [1.807, 2.05) is 37.3 Å². The molecule has 7 heteroatoms. The molecule has 2 aliphatic rings. The number of ketones is 2. The summed E-state index contributed by atoms with van der Waals surface area (Å²) in [5.74, 6) is -1.38. The van der Waals surface area contributed by atoms with Crippen molar-refractivity contribution in [3.8, 4) is 11.5 Å². The maximum absolute atomic E-state index is 13.8. The molecular weight excluding hydrogens is 468 g/mol. The number of Topliss-reactive ketones (excluding diaryl/α,β-unsaturated/α-hetero) is 2. The summed E-state index contributed by atoms with van der Waals surface area (Å²) in [7, 11) is 0. The van der Waals surface area contributed by atoms with Gasteiger partial charge < -0.3 is 14.4 Å². The molecule has 0 radical (unpaired) electrons. The molecule has 2 aliphatic heterocycles. The first-order valence-electron chi connectivity index (χ1n) is 12.8. The fourth-order valence-corrected chi connectivity index (χ4v) is 5.07. The molecule has 3 atom stereocenters. The second kappa shape index (κ2) is 10.5. The monoisotopic (exact) mass is 498 g/mol. The van der Waals surface area contributed by atoms with Gasteiger partial charge in [-0.15, -0.1) is 0 Å².